The Hall–Kier alpha value is -0.770. The second kappa shape index (κ2) is 5.35. The lowest BCUT2D eigenvalue weighted by Crippen LogP contribution is -2.31. The van der Waals surface area contributed by atoms with E-state index in [4.69, 9.17) is 0 Å². The minimum atomic E-state index is -0.0100. The first-order valence-electron chi connectivity index (χ1n) is 5.21. The molecule has 1 heterocycles. The molecule has 0 atom stereocenters. The molecular formula is C11H17BrN2O. The van der Waals surface area contributed by atoms with Gasteiger partial charge in [-0.1, -0.05) is 6.92 Å². The fourth-order valence-electron chi connectivity index (χ4n) is 1.43. The Bertz CT molecular complexity index is 344. The molecule has 0 aliphatic rings. The quantitative estimate of drug-likeness (QED) is 0.899. The van der Waals surface area contributed by atoms with E-state index in [2.05, 4.69) is 28.2 Å². The molecule has 0 radical (unpaired) electrons. The number of rotatable bonds is 4. The zero-order chi connectivity index (χ0) is 11.4. The third-order valence-corrected chi connectivity index (χ3v) is 2.41. The minimum Gasteiger partial charge on any atom is -0.349 e. The number of aryl methyl sites for hydroxylation is 1. The highest BCUT2D eigenvalue weighted by molar-refractivity contribution is 9.10. The van der Waals surface area contributed by atoms with Gasteiger partial charge in [-0.25, -0.2) is 0 Å². The predicted octanol–water partition coefficient (Wildman–Crippen LogP) is 2.80. The summed E-state index contributed by atoms with van der Waals surface area (Å²) in [6.45, 7) is 6.88. The topological polar surface area (TPSA) is 34.0 Å². The Morgan fingerprint density at radius 1 is 1.60 bits per heavy atom. The van der Waals surface area contributed by atoms with Gasteiger partial charge >= 0.3 is 0 Å². The first kappa shape index (κ1) is 12.3. The van der Waals surface area contributed by atoms with Gasteiger partial charge in [-0.15, -0.1) is 0 Å². The number of nitrogens with one attached hydrogen (secondary N) is 1. The molecule has 0 saturated heterocycles. The Morgan fingerprint density at radius 3 is 2.80 bits per heavy atom. The van der Waals surface area contributed by atoms with Crippen LogP contribution >= 0.6 is 15.9 Å². The number of carbonyl (C=O) groups is 1. The molecule has 0 saturated carbocycles. The molecule has 4 heteroatoms. The van der Waals surface area contributed by atoms with E-state index in [9.17, 15) is 4.79 Å². The van der Waals surface area contributed by atoms with E-state index >= 15 is 0 Å². The van der Waals surface area contributed by atoms with Crippen molar-refractivity contribution in [1.82, 2.24) is 9.88 Å². The van der Waals surface area contributed by atoms with Crippen molar-refractivity contribution >= 4 is 21.8 Å². The molecule has 1 aromatic rings. The molecule has 0 unspecified atom stereocenters. The Kier molecular flexibility index (Phi) is 4.39. The van der Waals surface area contributed by atoms with Crippen molar-refractivity contribution < 1.29 is 4.79 Å². The number of hydrogen-bond acceptors (Lipinski definition) is 1. The van der Waals surface area contributed by atoms with Crippen molar-refractivity contribution in [3.8, 4) is 0 Å². The van der Waals surface area contributed by atoms with Crippen LogP contribution in [0.5, 0.6) is 0 Å². The summed E-state index contributed by atoms with van der Waals surface area (Å²) in [7, 11) is 0. The molecule has 0 aliphatic carbocycles. The average Bonchev–Trinajstić information content (AvgIpc) is 2.46. The first-order chi connectivity index (χ1) is 7.04. The molecule has 1 amide bonds. The van der Waals surface area contributed by atoms with Gasteiger partial charge in [-0.2, -0.15) is 0 Å². The maximum atomic E-state index is 11.8. The molecule has 3 nitrogen and oxygen atoms in total. The molecule has 1 N–H and O–H groups in total. The van der Waals surface area contributed by atoms with Gasteiger partial charge in [0, 0.05) is 23.3 Å². The van der Waals surface area contributed by atoms with Crippen LogP contribution in [0.2, 0.25) is 0 Å². The second-order valence-electron chi connectivity index (χ2n) is 3.87. The third-order valence-electron chi connectivity index (χ3n) is 1.98. The van der Waals surface area contributed by atoms with Crippen LogP contribution in [0.25, 0.3) is 0 Å². The number of aromatic nitrogens is 1. The van der Waals surface area contributed by atoms with Gasteiger partial charge in [0.2, 0.25) is 0 Å². The van der Waals surface area contributed by atoms with Gasteiger partial charge in [0.1, 0.15) is 5.69 Å². The molecule has 0 spiro atoms. The summed E-state index contributed by atoms with van der Waals surface area (Å²) in [6, 6.07) is 2.02. The smallest absolute Gasteiger partial charge is 0.268 e. The van der Waals surface area contributed by atoms with Crippen molar-refractivity contribution in [2.45, 2.75) is 39.8 Å². The lowest BCUT2D eigenvalue weighted by Gasteiger charge is -2.10. The zero-order valence-electron chi connectivity index (χ0n) is 9.38. The van der Waals surface area contributed by atoms with E-state index in [0.717, 1.165) is 23.1 Å². The number of amides is 1. The van der Waals surface area contributed by atoms with Gasteiger partial charge < -0.3 is 9.88 Å². The molecular weight excluding hydrogens is 256 g/mol. The maximum Gasteiger partial charge on any atom is 0.268 e. The van der Waals surface area contributed by atoms with E-state index in [1.807, 2.05) is 30.7 Å². The van der Waals surface area contributed by atoms with Crippen LogP contribution in [0.3, 0.4) is 0 Å². The third kappa shape index (κ3) is 3.38. The normalized spacial score (nSPS) is 10.7. The highest BCUT2D eigenvalue weighted by Crippen LogP contribution is 2.15. The van der Waals surface area contributed by atoms with E-state index in [1.54, 1.807) is 0 Å². The highest BCUT2D eigenvalue weighted by atomic mass is 79.9. The van der Waals surface area contributed by atoms with Gasteiger partial charge in [0.25, 0.3) is 5.91 Å². The average molecular weight is 273 g/mol. The van der Waals surface area contributed by atoms with E-state index in [1.165, 1.54) is 0 Å². The minimum absolute atomic E-state index is 0.0100. The molecule has 1 rings (SSSR count). The zero-order valence-corrected chi connectivity index (χ0v) is 11.0. The van der Waals surface area contributed by atoms with Gasteiger partial charge in [0.15, 0.2) is 0 Å². The van der Waals surface area contributed by atoms with Crippen molar-refractivity contribution in [2.24, 2.45) is 0 Å². The fraction of sp³-hybridized carbons (Fsp3) is 0.545. The number of nitrogens with zero attached hydrogens (tertiary/aromatic N) is 1. The molecule has 15 heavy (non-hydrogen) atoms. The lowest BCUT2D eigenvalue weighted by atomic mass is 10.3. The van der Waals surface area contributed by atoms with Crippen LogP contribution in [0.15, 0.2) is 16.7 Å². The number of carbonyl (C=O) groups excluding carboxylic acids is 1. The standard InChI is InChI=1S/C11H17BrN2O/c1-4-5-14-7-9(12)6-10(14)11(15)13-8(2)3/h6-8H,4-5H2,1-3H3,(H,13,15). The van der Waals surface area contributed by atoms with Crippen LogP contribution in [0.4, 0.5) is 0 Å². The summed E-state index contributed by atoms with van der Waals surface area (Å²) in [5.74, 6) is -0.0100. The number of hydrogen-bond donors (Lipinski definition) is 1. The first-order valence-corrected chi connectivity index (χ1v) is 6.00. The second-order valence-corrected chi connectivity index (χ2v) is 4.78. The molecule has 0 fully saturated rings. The van der Waals surface area contributed by atoms with Crippen LogP contribution in [-0.2, 0) is 6.54 Å². The van der Waals surface area contributed by atoms with Crippen molar-refractivity contribution in [2.75, 3.05) is 0 Å². The van der Waals surface area contributed by atoms with Gasteiger partial charge in [-0.05, 0) is 42.3 Å². The van der Waals surface area contributed by atoms with E-state index < -0.39 is 0 Å². The van der Waals surface area contributed by atoms with E-state index in [0.29, 0.717) is 0 Å². The summed E-state index contributed by atoms with van der Waals surface area (Å²) in [4.78, 5) is 11.8. The molecule has 0 aliphatic heterocycles. The SMILES string of the molecule is CCCn1cc(Br)cc1C(=O)NC(C)C. The van der Waals surface area contributed by atoms with Crippen molar-refractivity contribution in [1.29, 1.82) is 0 Å². The lowest BCUT2D eigenvalue weighted by molar-refractivity contribution is 0.0933. The summed E-state index contributed by atoms with van der Waals surface area (Å²) in [6.07, 6.45) is 2.96. The summed E-state index contributed by atoms with van der Waals surface area (Å²) >= 11 is 3.39. The van der Waals surface area contributed by atoms with Gasteiger partial charge in [0.05, 0.1) is 0 Å². The molecule has 0 aromatic carbocycles. The molecule has 84 valence electrons. The summed E-state index contributed by atoms with van der Waals surface area (Å²) in [5.41, 5.74) is 0.720. The van der Waals surface area contributed by atoms with Crippen LogP contribution in [0, 0.1) is 0 Å². The Morgan fingerprint density at radius 2 is 2.27 bits per heavy atom. The Labute approximate surface area is 99.0 Å². The van der Waals surface area contributed by atoms with E-state index in [-0.39, 0.29) is 11.9 Å². The highest BCUT2D eigenvalue weighted by Gasteiger charge is 2.12. The molecule has 1 aromatic heterocycles. The predicted molar refractivity (Wildman–Crippen MR) is 65.0 cm³/mol. The monoisotopic (exact) mass is 272 g/mol. The van der Waals surface area contributed by atoms with Crippen molar-refractivity contribution in [3.05, 3.63) is 22.4 Å². The van der Waals surface area contributed by atoms with Crippen LogP contribution in [-0.4, -0.2) is 16.5 Å². The van der Waals surface area contributed by atoms with Crippen LogP contribution < -0.4 is 5.32 Å². The molecule has 0 bridgehead atoms. The van der Waals surface area contributed by atoms with Crippen molar-refractivity contribution in [3.63, 3.8) is 0 Å². The number of halogens is 1. The Balaban J connectivity index is 2.86. The van der Waals surface area contributed by atoms with Crippen LogP contribution in [0.1, 0.15) is 37.7 Å². The van der Waals surface area contributed by atoms with Gasteiger partial charge in [-0.3, -0.25) is 4.79 Å². The maximum absolute atomic E-state index is 11.8. The summed E-state index contributed by atoms with van der Waals surface area (Å²) < 4.78 is 2.92. The summed E-state index contributed by atoms with van der Waals surface area (Å²) in [5, 5.41) is 2.89. The largest absolute Gasteiger partial charge is 0.349 e. The fourth-order valence-corrected chi connectivity index (χ4v) is 1.89.